The zero-order chi connectivity index (χ0) is 19.0. The molecule has 2 unspecified atom stereocenters. The lowest BCUT2D eigenvalue weighted by molar-refractivity contribution is -0.145. The highest BCUT2D eigenvalue weighted by atomic mass is 16.4. The van der Waals surface area contributed by atoms with E-state index in [4.69, 9.17) is 20.4 Å². The van der Waals surface area contributed by atoms with Crippen molar-refractivity contribution in [3.63, 3.8) is 0 Å². The highest BCUT2D eigenvalue weighted by Gasteiger charge is 2.30. The number of aliphatic carboxylic acids is 4. The minimum atomic E-state index is -1.11. The summed E-state index contributed by atoms with van der Waals surface area (Å²) in [4.78, 5) is 46.6. The van der Waals surface area contributed by atoms with Gasteiger partial charge in [0.15, 0.2) is 0 Å². The minimum absolute atomic E-state index is 0.242. The van der Waals surface area contributed by atoms with Gasteiger partial charge in [0.1, 0.15) is 0 Å². The van der Waals surface area contributed by atoms with Crippen LogP contribution in [0.25, 0.3) is 0 Å². The van der Waals surface area contributed by atoms with Gasteiger partial charge < -0.3 is 20.4 Å². The Bertz CT molecular complexity index is 434. The maximum atomic E-state index is 11.0. The molecule has 1 fully saturated rings. The van der Waals surface area contributed by atoms with Crippen molar-refractivity contribution in [2.24, 2.45) is 0 Å². The fourth-order valence-corrected chi connectivity index (χ4v) is 3.32. The zero-order valence-corrected chi connectivity index (χ0v) is 13.8. The Kier molecular flexibility index (Phi) is 8.29. The van der Waals surface area contributed by atoms with Crippen LogP contribution in [-0.2, 0) is 19.2 Å². The molecule has 1 aliphatic rings. The summed E-state index contributed by atoms with van der Waals surface area (Å²) < 4.78 is 0. The van der Waals surface area contributed by atoms with Crippen molar-refractivity contribution in [2.45, 2.75) is 44.2 Å². The van der Waals surface area contributed by atoms with Crippen molar-refractivity contribution in [1.29, 1.82) is 0 Å². The van der Waals surface area contributed by atoms with Gasteiger partial charge in [-0.2, -0.15) is 0 Å². The summed E-state index contributed by atoms with van der Waals surface area (Å²) in [5.74, 6) is -4.44. The zero-order valence-electron chi connectivity index (χ0n) is 13.8. The Morgan fingerprint density at radius 1 is 0.600 bits per heavy atom. The molecule has 10 nitrogen and oxygen atoms in total. The van der Waals surface area contributed by atoms with Crippen LogP contribution < -0.4 is 0 Å². The largest absolute Gasteiger partial charge is 0.480 e. The third kappa shape index (κ3) is 7.94. The molecule has 0 aromatic carbocycles. The van der Waals surface area contributed by atoms with E-state index >= 15 is 0 Å². The molecule has 0 heterocycles. The lowest BCUT2D eigenvalue weighted by Gasteiger charge is -2.30. The van der Waals surface area contributed by atoms with Gasteiger partial charge in [-0.15, -0.1) is 0 Å². The van der Waals surface area contributed by atoms with E-state index in [1.807, 2.05) is 0 Å². The van der Waals surface area contributed by atoms with E-state index in [1.54, 1.807) is 0 Å². The van der Waals surface area contributed by atoms with Crippen LogP contribution in [0.2, 0.25) is 0 Å². The fraction of sp³-hybridized carbons (Fsp3) is 0.733. The van der Waals surface area contributed by atoms with Crippen molar-refractivity contribution in [2.75, 3.05) is 26.2 Å². The van der Waals surface area contributed by atoms with Gasteiger partial charge in [0.05, 0.1) is 26.2 Å². The topological polar surface area (TPSA) is 156 Å². The van der Waals surface area contributed by atoms with E-state index in [-0.39, 0.29) is 38.3 Å². The third-order valence-electron chi connectivity index (χ3n) is 4.29. The van der Waals surface area contributed by atoms with Gasteiger partial charge in [0.2, 0.25) is 0 Å². The molecule has 1 rings (SSSR count). The van der Waals surface area contributed by atoms with Gasteiger partial charge in [-0.25, -0.2) is 0 Å². The van der Waals surface area contributed by atoms with Crippen molar-refractivity contribution in [3.05, 3.63) is 0 Å². The van der Waals surface area contributed by atoms with Gasteiger partial charge in [-0.1, -0.05) is 6.42 Å². The quantitative estimate of drug-likeness (QED) is 0.379. The highest BCUT2D eigenvalue weighted by molar-refractivity contribution is 5.73. The predicted octanol–water partition coefficient (Wildman–Crippen LogP) is -0.370. The molecule has 10 heteroatoms. The number of nitrogens with zero attached hydrogens (tertiary/aromatic N) is 2. The summed E-state index contributed by atoms with van der Waals surface area (Å²) in [7, 11) is 0. The molecule has 25 heavy (non-hydrogen) atoms. The average molecular weight is 360 g/mol. The van der Waals surface area contributed by atoms with Crippen LogP contribution in [0.3, 0.4) is 0 Å². The highest BCUT2D eigenvalue weighted by Crippen LogP contribution is 2.25. The molecule has 0 aliphatic heterocycles. The Morgan fingerprint density at radius 3 is 1.12 bits per heavy atom. The number of carboxylic acid groups (broad SMARTS) is 4. The van der Waals surface area contributed by atoms with E-state index in [1.165, 1.54) is 9.80 Å². The molecule has 0 bridgehead atoms. The molecule has 142 valence electrons. The fourth-order valence-electron chi connectivity index (χ4n) is 3.32. The first-order chi connectivity index (χ1) is 11.7. The molecular formula is C15H24N2O8. The predicted molar refractivity (Wildman–Crippen MR) is 84.4 cm³/mol. The van der Waals surface area contributed by atoms with E-state index in [2.05, 4.69) is 0 Å². The number of rotatable bonds is 10. The summed E-state index contributed by atoms with van der Waals surface area (Å²) in [6.07, 6.45) is 2.79. The van der Waals surface area contributed by atoms with Crippen LogP contribution >= 0.6 is 0 Å². The van der Waals surface area contributed by atoms with Crippen LogP contribution in [0, 0.1) is 0 Å². The standard InChI is InChI=1S/C15H24N2O8/c18-12(19)6-16(7-13(20)21)10-2-1-3-11(5-4-10)17(8-14(22)23)9-15(24)25/h10-11H,1-9H2,(H,18,19)(H,20,21)(H,22,23)(H,24,25). The molecule has 0 radical (unpaired) electrons. The molecular weight excluding hydrogens is 336 g/mol. The lowest BCUT2D eigenvalue weighted by Crippen LogP contribution is -2.43. The van der Waals surface area contributed by atoms with Crippen LogP contribution in [0.1, 0.15) is 32.1 Å². The van der Waals surface area contributed by atoms with E-state index in [9.17, 15) is 19.2 Å². The van der Waals surface area contributed by atoms with Gasteiger partial charge in [-0.3, -0.25) is 29.0 Å². The molecule has 1 saturated carbocycles. The summed E-state index contributed by atoms with van der Waals surface area (Å²) in [6.45, 7) is -1.52. The molecule has 0 amide bonds. The third-order valence-corrected chi connectivity index (χ3v) is 4.29. The Labute approximate surface area is 144 Å². The molecule has 0 saturated heterocycles. The van der Waals surface area contributed by atoms with Crippen LogP contribution in [0.15, 0.2) is 0 Å². The molecule has 4 N–H and O–H groups in total. The van der Waals surface area contributed by atoms with Gasteiger partial charge in [0.25, 0.3) is 0 Å². The lowest BCUT2D eigenvalue weighted by atomic mass is 10.1. The van der Waals surface area contributed by atoms with E-state index < -0.39 is 23.9 Å². The molecule has 0 aromatic heterocycles. The smallest absolute Gasteiger partial charge is 0.317 e. The number of carboxylic acids is 4. The second-order valence-electron chi connectivity index (χ2n) is 6.20. The van der Waals surface area contributed by atoms with E-state index in [0.29, 0.717) is 32.1 Å². The molecule has 2 atom stereocenters. The van der Waals surface area contributed by atoms with Crippen molar-refractivity contribution in [1.82, 2.24) is 9.80 Å². The first-order valence-electron chi connectivity index (χ1n) is 8.04. The first-order valence-corrected chi connectivity index (χ1v) is 8.04. The van der Waals surface area contributed by atoms with E-state index in [0.717, 1.165) is 0 Å². The maximum Gasteiger partial charge on any atom is 0.317 e. The summed E-state index contributed by atoms with van der Waals surface area (Å²) in [5.41, 5.74) is 0. The van der Waals surface area contributed by atoms with Crippen LogP contribution in [0.5, 0.6) is 0 Å². The molecule has 0 aromatic rings. The monoisotopic (exact) mass is 360 g/mol. The normalized spacial score (nSPS) is 21.0. The minimum Gasteiger partial charge on any atom is -0.480 e. The number of carbonyl (C=O) groups is 4. The van der Waals surface area contributed by atoms with Gasteiger partial charge in [-0.05, 0) is 25.7 Å². The Balaban J connectivity index is 2.77. The van der Waals surface area contributed by atoms with Crippen molar-refractivity contribution in [3.8, 4) is 0 Å². The maximum absolute atomic E-state index is 11.0. The average Bonchev–Trinajstić information content (AvgIpc) is 2.69. The van der Waals surface area contributed by atoms with Gasteiger partial charge >= 0.3 is 23.9 Å². The Hall–Kier alpha value is -2.20. The van der Waals surface area contributed by atoms with Crippen molar-refractivity contribution >= 4 is 23.9 Å². The van der Waals surface area contributed by atoms with Gasteiger partial charge in [0, 0.05) is 12.1 Å². The second kappa shape index (κ2) is 9.94. The number of hydrogen-bond acceptors (Lipinski definition) is 6. The number of hydrogen-bond donors (Lipinski definition) is 4. The second-order valence-corrected chi connectivity index (χ2v) is 6.20. The Morgan fingerprint density at radius 2 is 0.880 bits per heavy atom. The molecule has 1 aliphatic carbocycles. The SMILES string of the molecule is O=C(O)CN(CC(=O)O)C1CCCC(N(CC(=O)O)CC(=O)O)CC1. The summed E-state index contributed by atoms with van der Waals surface area (Å²) in [6, 6.07) is -0.484. The van der Waals surface area contributed by atoms with Crippen LogP contribution in [-0.4, -0.2) is 92.4 Å². The summed E-state index contributed by atoms with van der Waals surface area (Å²) >= 11 is 0. The molecule has 0 spiro atoms. The van der Waals surface area contributed by atoms with Crippen molar-refractivity contribution < 1.29 is 39.6 Å². The van der Waals surface area contributed by atoms with Crippen LogP contribution in [0.4, 0.5) is 0 Å². The summed E-state index contributed by atoms with van der Waals surface area (Å²) in [5, 5.41) is 35.9. The first kappa shape index (κ1) is 20.8.